The van der Waals surface area contributed by atoms with Crippen molar-refractivity contribution in [2.24, 2.45) is 5.11 Å². The molecule has 1 rings (SSSR count). The van der Waals surface area contributed by atoms with Crippen molar-refractivity contribution >= 4 is 16.5 Å². The zero-order valence-corrected chi connectivity index (χ0v) is 9.55. The van der Waals surface area contributed by atoms with Crippen molar-refractivity contribution < 1.29 is 10.2 Å². The highest BCUT2D eigenvalue weighted by Crippen LogP contribution is 2.29. The van der Waals surface area contributed by atoms with E-state index in [1.54, 1.807) is 6.92 Å². The van der Waals surface area contributed by atoms with E-state index in [9.17, 15) is 10.2 Å². The molecular weight excluding hydrogens is 230 g/mol. The van der Waals surface area contributed by atoms with Crippen molar-refractivity contribution in [1.82, 2.24) is 4.98 Å². The fourth-order valence-corrected chi connectivity index (χ4v) is 2.15. The molecule has 0 amide bonds. The van der Waals surface area contributed by atoms with Gasteiger partial charge in [-0.25, -0.2) is 4.98 Å². The quantitative estimate of drug-likeness (QED) is 0.406. The minimum Gasteiger partial charge on any atom is -0.390 e. The molecule has 0 saturated carbocycles. The van der Waals surface area contributed by atoms with Crippen molar-refractivity contribution in [3.05, 3.63) is 21.0 Å². The number of aliphatic hydroxyl groups is 2. The SMILES string of the molecule is Cc1nc(N)sc1C(O)C(O)CCN=[N+]=[N-]. The van der Waals surface area contributed by atoms with Gasteiger partial charge in [0.2, 0.25) is 0 Å². The maximum absolute atomic E-state index is 9.81. The fourth-order valence-electron chi connectivity index (χ4n) is 1.27. The maximum Gasteiger partial charge on any atom is 0.180 e. The Balaban J connectivity index is 2.66. The molecule has 0 aromatic carbocycles. The summed E-state index contributed by atoms with van der Waals surface area (Å²) in [6.45, 7) is 1.85. The average molecular weight is 243 g/mol. The van der Waals surface area contributed by atoms with Crippen LogP contribution in [0.1, 0.15) is 23.1 Å². The van der Waals surface area contributed by atoms with Gasteiger partial charge in [0.05, 0.1) is 16.7 Å². The van der Waals surface area contributed by atoms with Gasteiger partial charge in [-0.2, -0.15) is 0 Å². The molecule has 0 aliphatic carbocycles. The van der Waals surface area contributed by atoms with Crippen LogP contribution in [0.4, 0.5) is 5.13 Å². The van der Waals surface area contributed by atoms with Gasteiger partial charge < -0.3 is 15.9 Å². The number of rotatable bonds is 5. The van der Waals surface area contributed by atoms with Gasteiger partial charge in [0.1, 0.15) is 6.10 Å². The first-order valence-electron chi connectivity index (χ1n) is 4.66. The van der Waals surface area contributed by atoms with Gasteiger partial charge in [-0.3, -0.25) is 0 Å². The highest BCUT2D eigenvalue weighted by molar-refractivity contribution is 7.15. The number of anilines is 1. The molecule has 8 heteroatoms. The third kappa shape index (κ3) is 3.07. The molecule has 1 aromatic rings. The standard InChI is InChI=1S/C8H13N5O2S/c1-4-7(16-8(9)12-4)6(15)5(14)2-3-11-13-10/h5-6,14-15H,2-3H2,1H3,(H2,9,12). The van der Waals surface area contributed by atoms with Crippen LogP contribution in [0.2, 0.25) is 0 Å². The van der Waals surface area contributed by atoms with Crippen LogP contribution < -0.4 is 5.73 Å². The minimum atomic E-state index is -1.04. The molecule has 0 spiro atoms. The topological polar surface area (TPSA) is 128 Å². The van der Waals surface area contributed by atoms with E-state index in [4.69, 9.17) is 11.3 Å². The van der Waals surface area contributed by atoms with Crippen molar-refractivity contribution in [2.45, 2.75) is 25.6 Å². The summed E-state index contributed by atoms with van der Waals surface area (Å²) >= 11 is 1.14. The predicted molar refractivity (Wildman–Crippen MR) is 60.9 cm³/mol. The molecule has 0 bridgehead atoms. The number of hydrogen-bond acceptors (Lipinski definition) is 6. The second-order valence-corrected chi connectivity index (χ2v) is 4.32. The zero-order valence-electron chi connectivity index (χ0n) is 8.74. The highest BCUT2D eigenvalue weighted by Gasteiger charge is 2.22. The molecular formula is C8H13N5O2S. The summed E-state index contributed by atoms with van der Waals surface area (Å²) in [7, 11) is 0. The van der Waals surface area contributed by atoms with Gasteiger partial charge in [0.15, 0.2) is 5.13 Å². The lowest BCUT2D eigenvalue weighted by molar-refractivity contribution is 0.0167. The third-order valence-corrected chi connectivity index (χ3v) is 3.13. The van der Waals surface area contributed by atoms with Crippen LogP contribution >= 0.6 is 11.3 Å². The second kappa shape index (κ2) is 5.66. The monoisotopic (exact) mass is 243 g/mol. The number of nitrogen functional groups attached to an aromatic ring is 1. The van der Waals surface area contributed by atoms with Crippen LogP contribution in [0.3, 0.4) is 0 Å². The van der Waals surface area contributed by atoms with E-state index in [1.807, 2.05) is 0 Å². The number of thiazole rings is 1. The molecule has 1 aromatic heterocycles. The number of nitrogens with zero attached hydrogens (tertiary/aromatic N) is 4. The van der Waals surface area contributed by atoms with Crippen LogP contribution in [0, 0.1) is 6.92 Å². The van der Waals surface area contributed by atoms with E-state index < -0.39 is 12.2 Å². The number of aromatic nitrogens is 1. The largest absolute Gasteiger partial charge is 0.390 e. The fraction of sp³-hybridized carbons (Fsp3) is 0.625. The van der Waals surface area contributed by atoms with E-state index in [0.29, 0.717) is 15.7 Å². The van der Waals surface area contributed by atoms with Crippen LogP contribution in [-0.2, 0) is 0 Å². The minimum absolute atomic E-state index is 0.141. The van der Waals surface area contributed by atoms with E-state index in [1.165, 1.54) is 0 Å². The summed E-state index contributed by atoms with van der Waals surface area (Å²) in [5.41, 5.74) is 14.2. The Kier molecular flexibility index (Phi) is 4.51. The molecule has 2 unspecified atom stereocenters. The van der Waals surface area contributed by atoms with Gasteiger partial charge in [0.25, 0.3) is 0 Å². The lowest BCUT2D eigenvalue weighted by Crippen LogP contribution is -2.18. The predicted octanol–water partition coefficient (Wildman–Crippen LogP) is 1.13. The molecule has 16 heavy (non-hydrogen) atoms. The average Bonchev–Trinajstić information content (AvgIpc) is 2.57. The Labute approximate surface area is 96.2 Å². The van der Waals surface area contributed by atoms with Crippen molar-refractivity contribution in [3.8, 4) is 0 Å². The summed E-state index contributed by atoms with van der Waals surface area (Å²) in [6, 6.07) is 0. The zero-order chi connectivity index (χ0) is 12.1. The van der Waals surface area contributed by atoms with E-state index in [-0.39, 0.29) is 13.0 Å². The first-order chi connectivity index (χ1) is 7.56. The van der Waals surface area contributed by atoms with E-state index in [2.05, 4.69) is 15.0 Å². The Hall–Kier alpha value is -1.34. The smallest absolute Gasteiger partial charge is 0.180 e. The number of nitrogens with two attached hydrogens (primary N) is 1. The molecule has 0 saturated heterocycles. The first kappa shape index (κ1) is 12.7. The summed E-state index contributed by atoms with van der Waals surface area (Å²) in [5.74, 6) is 0. The molecule has 88 valence electrons. The van der Waals surface area contributed by atoms with Crippen molar-refractivity contribution in [3.63, 3.8) is 0 Å². The highest BCUT2D eigenvalue weighted by atomic mass is 32.1. The summed E-state index contributed by atoms with van der Waals surface area (Å²) in [4.78, 5) is 7.07. The Morgan fingerprint density at radius 2 is 2.31 bits per heavy atom. The van der Waals surface area contributed by atoms with E-state index in [0.717, 1.165) is 11.3 Å². The van der Waals surface area contributed by atoms with Crippen LogP contribution in [0.15, 0.2) is 5.11 Å². The molecule has 0 fully saturated rings. The molecule has 0 aliphatic heterocycles. The third-order valence-electron chi connectivity index (χ3n) is 2.07. The lowest BCUT2D eigenvalue weighted by atomic mass is 10.1. The molecule has 4 N–H and O–H groups in total. The van der Waals surface area contributed by atoms with Gasteiger partial charge in [-0.15, -0.1) is 0 Å². The van der Waals surface area contributed by atoms with Crippen LogP contribution in [0.5, 0.6) is 0 Å². The number of azide groups is 1. The summed E-state index contributed by atoms with van der Waals surface area (Å²) in [6.07, 6.45) is -1.82. The molecule has 2 atom stereocenters. The van der Waals surface area contributed by atoms with Gasteiger partial charge in [-0.05, 0) is 18.9 Å². The molecule has 0 radical (unpaired) electrons. The Bertz CT molecular complexity index is 401. The van der Waals surface area contributed by atoms with Gasteiger partial charge in [0, 0.05) is 11.5 Å². The molecule has 0 aliphatic rings. The summed E-state index contributed by atoms with van der Waals surface area (Å²) < 4.78 is 0. The Morgan fingerprint density at radius 3 is 2.81 bits per heavy atom. The Morgan fingerprint density at radius 1 is 1.62 bits per heavy atom. The lowest BCUT2D eigenvalue weighted by Gasteiger charge is -2.15. The number of aliphatic hydroxyl groups excluding tert-OH is 2. The number of aryl methyl sites for hydroxylation is 1. The normalized spacial score (nSPS) is 14.2. The molecule has 7 nitrogen and oxygen atoms in total. The summed E-state index contributed by atoms with van der Waals surface area (Å²) in [5, 5.41) is 23.1. The van der Waals surface area contributed by atoms with Crippen molar-refractivity contribution in [1.29, 1.82) is 0 Å². The van der Waals surface area contributed by atoms with E-state index >= 15 is 0 Å². The van der Waals surface area contributed by atoms with Gasteiger partial charge >= 0.3 is 0 Å². The number of hydrogen-bond donors (Lipinski definition) is 3. The van der Waals surface area contributed by atoms with Crippen LogP contribution in [0.25, 0.3) is 10.4 Å². The van der Waals surface area contributed by atoms with Crippen LogP contribution in [-0.4, -0.2) is 27.8 Å². The first-order valence-corrected chi connectivity index (χ1v) is 5.47. The van der Waals surface area contributed by atoms with Crippen molar-refractivity contribution in [2.75, 3.05) is 12.3 Å². The maximum atomic E-state index is 9.81. The molecule has 1 heterocycles. The second-order valence-electron chi connectivity index (χ2n) is 3.26. The van der Waals surface area contributed by atoms with Gasteiger partial charge in [-0.1, -0.05) is 16.5 Å².